The van der Waals surface area contributed by atoms with Gasteiger partial charge in [0, 0.05) is 16.4 Å². The topological polar surface area (TPSA) is 97.6 Å². The highest BCUT2D eigenvalue weighted by Crippen LogP contribution is 2.39. The lowest BCUT2D eigenvalue weighted by Crippen LogP contribution is -2.37. The molecule has 1 aliphatic heterocycles. The molecule has 5 rings (SSSR count). The standard InChI is InChI=1S/C26H30N4O4S/c1-16-7-3-4-8-18(16)23-27-21(34-29-23)15-30-13-11-17(12-14-30)24(31)28-25-22(26(32)33-2)19-9-5-6-10-20(19)35-25/h3-4,7-8,17H,5-6,9-15H2,1-2H3,(H,28,31). The lowest BCUT2D eigenvalue weighted by Gasteiger charge is -2.30. The Labute approximate surface area is 208 Å². The van der Waals surface area contributed by atoms with E-state index in [0.29, 0.717) is 28.8 Å². The highest BCUT2D eigenvalue weighted by Gasteiger charge is 2.30. The summed E-state index contributed by atoms with van der Waals surface area (Å²) in [6, 6.07) is 7.97. The third-order valence-corrected chi connectivity index (χ3v) is 8.18. The first-order chi connectivity index (χ1) is 17.0. The third-order valence-electron chi connectivity index (χ3n) is 6.97. The summed E-state index contributed by atoms with van der Waals surface area (Å²) in [4.78, 5) is 33.6. The van der Waals surface area contributed by atoms with E-state index in [9.17, 15) is 9.59 Å². The van der Waals surface area contributed by atoms with Crippen LogP contribution in [0.3, 0.4) is 0 Å². The number of carbonyl (C=O) groups excluding carboxylic acids is 2. The van der Waals surface area contributed by atoms with Gasteiger partial charge in [-0.05, 0) is 69.7 Å². The number of fused-ring (bicyclic) bond motifs is 1. The summed E-state index contributed by atoms with van der Waals surface area (Å²) in [6.07, 6.45) is 5.48. The van der Waals surface area contributed by atoms with Crippen LogP contribution in [0.5, 0.6) is 0 Å². The number of carbonyl (C=O) groups is 2. The number of esters is 1. The largest absolute Gasteiger partial charge is 0.465 e. The molecule has 2 aromatic heterocycles. The summed E-state index contributed by atoms with van der Waals surface area (Å²) in [5.41, 5.74) is 3.69. The Hall–Kier alpha value is -3.04. The Bertz CT molecular complexity index is 1230. The molecular formula is C26H30N4O4S. The second-order valence-corrected chi connectivity index (χ2v) is 10.4. The first kappa shape index (κ1) is 23.7. The average Bonchev–Trinajstić information content (AvgIpc) is 3.48. The second-order valence-electron chi connectivity index (χ2n) is 9.27. The van der Waals surface area contributed by atoms with Gasteiger partial charge < -0.3 is 14.6 Å². The summed E-state index contributed by atoms with van der Waals surface area (Å²) in [6.45, 7) is 4.13. The van der Waals surface area contributed by atoms with Crippen molar-refractivity contribution in [3.63, 3.8) is 0 Å². The van der Waals surface area contributed by atoms with Gasteiger partial charge in [-0.1, -0.05) is 29.4 Å². The molecule has 0 unspecified atom stereocenters. The van der Waals surface area contributed by atoms with Crippen LogP contribution in [-0.2, 0) is 28.9 Å². The van der Waals surface area contributed by atoms with Gasteiger partial charge in [0.1, 0.15) is 5.00 Å². The Morgan fingerprint density at radius 1 is 1.20 bits per heavy atom. The molecule has 9 heteroatoms. The van der Waals surface area contributed by atoms with Gasteiger partial charge in [0.15, 0.2) is 0 Å². The summed E-state index contributed by atoms with van der Waals surface area (Å²) >= 11 is 1.53. The number of aromatic nitrogens is 2. The lowest BCUT2D eigenvalue weighted by molar-refractivity contribution is -0.121. The zero-order chi connectivity index (χ0) is 24.4. The zero-order valence-electron chi connectivity index (χ0n) is 20.1. The molecule has 2 aliphatic rings. The van der Waals surface area contributed by atoms with Crippen LogP contribution in [0.1, 0.15) is 57.9 Å². The van der Waals surface area contributed by atoms with Crippen molar-refractivity contribution in [2.75, 3.05) is 25.5 Å². The third kappa shape index (κ3) is 5.01. The minimum atomic E-state index is -0.362. The molecular weight excluding hydrogens is 464 g/mol. The summed E-state index contributed by atoms with van der Waals surface area (Å²) in [5.74, 6) is 0.707. The number of methoxy groups -OCH3 is 1. The Kier molecular flexibility index (Phi) is 6.97. The van der Waals surface area contributed by atoms with Crippen molar-refractivity contribution < 1.29 is 18.8 Å². The van der Waals surface area contributed by atoms with Gasteiger partial charge in [-0.2, -0.15) is 4.98 Å². The van der Waals surface area contributed by atoms with E-state index in [4.69, 9.17) is 9.26 Å². The van der Waals surface area contributed by atoms with Crippen molar-refractivity contribution in [3.8, 4) is 11.4 Å². The normalized spacial score (nSPS) is 16.6. The zero-order valence-corrected chi connectivity index (χ0v) is 21.0. The Morgan fingerprint density at radius 3 is 2.74 bits per heavy atom. The van der Waals surface area contributed by atoms with E-state index in [0.717, 1.165) is 68.3 Å². The van der Waals surface area contributed by atoms with Gasteiger partial charge in [0.05, 0.1) is 19.2 Å². The average molecular weight is 495 g/mol. The van der Waals surface area contributed by atoms with Crippen LogP contribution >= 0.6 is 11.3 Å². The molecule has 184 valence electrons. The van der Waals surface area contributed by atoms with Gasteiger partial charge in [0.2, 0.25) is 17.6 Å². The second kappa shape index (κ2) is 10.3. The molecule has 8 nitrogen and oxygen atoms in total. The van der Waals surface area contributed by atoms with E-state index >= 15 is 0 Å². The molecule has 1 amide bonds. The number of thiophene rings is 1. The molecule has 3 aromatic rings. The molecule has 0 radical (unpaired) electrons. The van der Waals surface area contributed by atoms with Crippen molar-refractivity contribution in [2.45, 2.75) is 52.0 Å². The number of ether oxygens (including phenoxy) is 1. The SMILES string of the molecule is COC(=O)c1c(NC(=O)C2CCN(Cc3nc(-c4ccccc4C)no3)CC2)sc2c1CCCC2. The van der Waals surface area contributed by atoms with Crippen molar-refractivity contribution in [1.29, 1.82) is 0 Å². The number of hydrogen-bond donors (Lipinski definition) is 1. The number of piperidine rings is 1. The number of hydrogen-bond acceptors (Lipinski definition) is 8. The molecule has 0 atom stereocenters. The molecule has 0 saturated carbocycles. The minimum absolute atomic E-state index is 0.0203. The fourth-order valence-corrected chi connectivity index (χ4v) is 6.26. The van der Waals surface area contributed by atoms with Crippen LogP contribution in [0.25, 0.3) is 11.4 Å². The molecule has 1 N–H and O–H groups in total. The van der Waals surface area contributed by atoms with Gasteiger partial charge in [-0.25, -0.2) is 4.79 Å². The highest BCUT2D eigenvalue weighted by molar-refractivity contribution is 7.17. The van der Waals surface area contributed by atoms with E-state index < -0.39 is 0 Å². The van der Waals surface area contributed by atoms with Crippen LogP contribution < -0.4 is 5.32 Å². The van der Waals surface area contributed by atoms with Gasteiger partial charge in [-0.3, -0.25) is 9.69 Å². The van der Waals surface area contributed by atoms with Crippen LogP contribution in [0.2, 0.25) is 0 Å². The van der Waals surface area contributed by atoms with Crippen LogP contribution in [0.4, 0.5) is 5.00 Å². The molecule has 0 bridgehead atoms. The van der Waals surface area contributed by atoms with E-state index in [-0.39, 0.29) is 17.8 Å². The van der Waals surface area contributed by atoms with Crippen molar-refractivity contribution in [1.82, 2.24) is 15.0 Å². The molecule has 0 spiro atoms. The molecule has 3 heterocycles. The first-order valence-electron chi connectivity index (χ1n) is 12.2. The van der Waals surface area contributed by atoms with E-state index in [1.54, 1.807) is 0 Å². The number of anilines is 1. The van der Waals surface area contributed by atoms with Gasteiger partial charge >= 0.3 is 5.97 Å². The quantitative estimate of drug-likeness (QED) is 0.499. The number of benzene rings is 1. The van der Waals surface area contributed by atoms with Gasteiger partial charge in [0.25, 0.3) is 0 Å². The Morgan fingerprint density at radius 2 is 1.97 bits per heavy atom. The first-order valence-corrected chi connectivity index (χ1v) is 13.0. The number of rotatable bonds is 6. The van der Waals surface area contributed by atoms with E-state index in [1.807, 2.05) is 31.2 Å². The summed E-state index contributed by atoms with van der Waals surface area (Å²) in [5, 5.41) is 7.85. The molecule has 1 fully saturated rings. The smallest absolute Gasteiger partial charge is 0.341 e. The van der Waals surface area contributed by atoms with Crippen molar-refractivity contribution in [3.05, 3.63) is 51.7 Å². The molecule has 1 saturated heterocycles. The van der Waals surface area contributed by atoms with E-state index in [1.165, 1.54) is 23.3 Å². The van der Waals surface area contributed by atoms with E-state index in [2.05, 4.69) is 20.4 Å². The minimum Gasteiger partial charge on any atom is -0.465 e. The van der Waals surface area contributed by atoms with Crippen molar-refractivity contribution in [2.24, 2.45) is 5.92 Å². The highest BCUT2D eigenvalue weighted by atomic mass is 32.1. The van der Waals surface area contributed by atoms with Crippen molar-refractivity contribution >= 4 is 28.2 Å². The number of nitrogens with zero attached hydrogens (tertiary/aromatic N) is 3. The van der Waals surface area contributed by atoms with Crippen LogP contribution in [-0.4, -0.2) is 47.1 Å². The summed E-state index contributed by atoms with van der Waals surface area (Å²) < 4.78 is 10.5. The summed E-state index contributed by atoms with van der Waals surface area (Å²) in [7, 11) is 1.39. The maximum absolute atomic E-state index is 13.1. The monoisotopic (exact) mass is 494 g/mol. The van der Waals surface area contributed by atoms with Crippen LogP contribution in [0, 0.1) is 12.8 Å². The van der Waals surface area contributed by atoms with Gasteiger partial charge in [-0.15, -0.1) is 11.3 Å². The molecule has 1 aliphatic carbocycles. The maximum Gasteiger partial charge on any atom is 0.341 e. The molecule has 1 aromatic carbocycles. The lowest BCUT2D eigenvalue weighted by atomic mass is 9.94. The fraction of sp³-hybridized carbons (Fsp3) is 0.462. The fourth-order valence-electron chi connectivity index (χ4n) is 4.98. The molecule has 35 heavy (non-hydrogen) atoms. The predicted octanol–water partition coefficient (Wildman–Crippen LogP) is 4.62. The number of amides is 1. The number of likely N-dealkylation sites (tertiary alicyclic amines) is 1. The predicted molar refractivity (Wildman–Crippen MR) is 133 cm³/mol. The maximum atomic E-state index is 13.1. The number of nitrogens with one attached hydrogen (secondary N) is 1. The Balaban J connectivity index is 1.19. The van der Waals surface area contributed by atoms with Crippen LogP contribution in [0.15, 0.2) is 28.8 Å². The number of aryl methyl sites for hydroxylation is 2.